The van der Waals surface area contributed by atoms with Crippen molar-refractivity contribution < 1.29 is 9.18 Å². The third-order valence-electron chi connectivity index (χ3n) is 3.51. The summed E-state index contributed by atoms with van der Waals surface area (Å²) in [7, 11) is 0. The van der Waals surface area contributed by atoms with Crippen molar-refractivity contribution in [1.29, 1.82) is 0 Å². The minimum absolute atomic E-state index is 0.0938. The number of amides is 1. The van der Waals surface area contributed by atoms with Crippen LogP contribution < -0.4 is 10.6 Å². The van der Waals surface area contributed by atoms with Crippen LogP contribution in [-0.2, 0) is 11.3 Å². The monoisotopic (exact) mass is 300 g/mol. The van der Waals surface area contributed by atoms with E-state index in [1.807, 2.05) is 13.8 Å². The zero-order valence-corrected chi connectivity index (χ0v) is 13.2. The third-order valence-corrected chi connectivity index (χ3v) is 3.51. The lowest BCUT2D eigenvalue weighted by molar-refractivity contribution is -0.119. The summed E-state index contributed by atoms with van der Waals surface area (Å²) in [4.78, 5) is 11.9. The van der Waals surface area contributed by atoms with Crippen LogP contribution in [0.25, 0.3) is 0 Å². The molecule has 2 aromatic rings. The Hall–Kier alpha value is -2.36. The molecule has 0 bridgehead atoms. The molecule has 0 aliphatic carbocycles. The van der Waals surface area contributed by atoms with E-state index in [2.05, 4.69) is 29.7 Å². The highest BCUT2D eigenvalue weighted by Crippen LogP contribution is 2.21. The molecule has 0 atom stereocenters. The summed E-state index contributed by atoms with van der Waals surface area (Å²) in [5, 5.41) is 6.00. The summed E-state index contributed by atoms with van der Waals surface area (Å²) < 4.78 is 12.8. The molecule has 0 saturated carbocycles. The number of hydrogen-bond donors (Lipinski definition) is 2. The second-order valence-corrected chi connectivity index (χ2v) is 5.53. The van der Waals surface area contributed by atoms with Gasteiger partial charge in [-0.15, -0.1) is 0 Å². The molecule has 0 radical (unpaired) electrons. The second kappa shape index (κ2) is 7.07. The molecule has 2 rings (SSSR count). The van der Waals surface area contributed by atoms with Gasteiger partial charge in [0.15, 0.2) is 0 Å². The van der Waals surface area contributed by atoms with Crippen LogP contribution in [0.2, 0.25) is 0 Å². The molecular formula is C18H21FN2O. The van der Waals surface area contributed by atoms with E-state index in [4.69, 9.17) is 0 Å². The fraction of sp³-hybridized carbons (Fsp3) is 0.278. The zero-order valence-electron chi connectivity index (χ0n) is 13.2. The van der Waals surface area contributed by atoms with E-state index in [9.17, 15) is 9.18 Å². The van der Waals surface area contributed by atoms with E-state index in [1.54, 1.807) is 12.1 Å². The quantitative estimate of drug-likeness (QED) is 0.887. The van der Waals surface area contributed by atoms with Gasteiger partial charge in [0.2, 0.25) is 5.91 Å². The molecule has 0 saturated heterocycles. The largest absolute Gasteiger partial charge is 0.376 e. The van der Waals surface area contributed by atoms with Gasteiger partial charge in [0.1, 0.15) is 5.82 Å². The van der Waals surface area contributed by atoms with E-state index in [0.29, 0.717) is 6.54 Å². The Bertz CT molecular complexity index is 642. The van der Waals surface area contributed by atoms with Crippen molar-refractivity contribution >= 4 is 11.6 Å². The van der Waals surface area contributed by atoms with Crippen LogP contribution >= 0.6 is 0 Å². The van der Waals surface area contributed by atoms with Gasteiger partial charge in [-0.3, -0.25) is 4.79 Å². The highest BCUT2D eigenvalue weighted by Gasteiger charge is 2.06. The molecule has 2 N–H and O–H groups in total. The number of rotatable bonds is 5. The molecule has 1 amide bonds. The first-order valence-corrected chi connectivity index (χ1v) is 7.28. The number of carbonyl (C=O) groups excluding carboxylic acids is 1. The highest BCUT2D eigenvalue weighted by molar-refractivity contribution is 5.81. The molecule has 3 nitrogen and oxygen atoms in total. The summed E-state index contributed by atoms with van der Waals surface area (Å²) in [6.07, 6.45) is 0. The molecule has 0 aliphatic rings. The van der Waals surface area contributed by atoms with Gasteiger partial charge in [-0.1, -0.05) is 29.8 Å². The van der Waals surface area contributed by atoms with Crippen LogP contribution in [0, 0.1) is 26.6 Å². The SMILES string of the molecule is Cc1cc(C)c(NCC(=O)NCc2ccc(F)cc2)c(C)c1. The lowest BCUT2D eigenvalue weighted by atomic mass is 10.1. The molecule has 0 spiro atoms. The Labute approximate surface area is 130 Å². The van der Waals surface area contributed by atoms with Crippen LogP contribution in [0.4, 0.5) is 10.1 Å². The average Bonchev–Trinajstić information content (AvgIpc) is 2.45. The Morgan fingerprint density at radius 2 is 1.64 bits per heavy atom. The van der Waals surface area contributed by atoms with Crippen molar-refractivity contribution in [3.8, 4) is 0 Å². The van der Waals surface area contributed by atoms with Gasteiger partial charge in [0.05, 0.1) is 6.54 Å². The average molecular weight is 300 g/mol. The van der Waals surface area contributed by atoms with E-state index >= 15 is 0 Å². The molecule has 116 valence electrons. The Morgan fingerprint density at radius 1 is 1.05 bits per heavy atom. The van der Waals surface area contributed by atoms with Crippen molar-refractivity contribution in [3.05, 3.63) is 64.5 Å². The van der Waals surface area contributed by atoms with Crippen LogP contribution in [0.1, 0.15) is 22.3 Å². The number of halogens is 1. The maximum absolute atomic E-state index is 12.8. The minimum Gasteiger partial charge on any atom is -0.376 e. The molecule has 0 aromatic heterocycles. The van der Waals surface area contributed by atoms with Gasteiger partial charge in [0.25, 0.3) is 0 Å². The van der Waals surface area contributed by atoms with E-state index in [0.717, 1.165) is 22.4 Å². The predicted molar refractivity (Wildman–Crippen MR) is 87.4 cm³/mol. The summed E-state index contributed by atoms with van der Waals surface area (Å²) >= 11 is 0. The van der Waals surface area contributed by atoms with Gasteiger partial charge in [-0.05, 0) is 49.6 Å². The number of benzene rings is 2. The lowest BCUT2D eigenvalue weighted by Gasteiger charge is -2.14. The number of nitrogens with one attached hydrogen (secondary N) is 2. The summed E-state index contributed by atoms with van der Waals surface area (Å²) in [6, 6.07) is 10.3. The molecule has 0 fully saturated rings. The van der Waals surface area contributed by atoms with Crippen LogP contribution in [0.3, 0.4) is 0 Å². The number of anilines is 1. The summed E-state index contributed by atoms with van der Waals surface area (Å²) in [5.41, 5.74) is 5.34. The normalized spacial score (nSPS) is 10.4. The standard InChI is InChI=1S/C18H21FN2O/c1-12-8-13(2)18(14(3)9-12)21-11-17(22)20-10-15-4-6-16(19)7-5-15/h4-9,21H,10-11H2,1-3H3,(H,20,22). The van der Waals surface area contributed by atoms with Crippen LogP contribution in [0.5, 0.6) is 0 Å². The summed E-state index contributed by atoms with van der Waals surface area (Å²) in [5.74, 6) is -0.370. The molecule has 22 heavy (non-hydrogen) atoms. The van der Waals surface area contributed by atoms with Crippen LogP contribution in [0.15, 0.2) is 36.4 Å². The van der Waals surface area contributed by atoms with Crippen molar-refractivity contribution in [1.82, 2.24) is 5.32 Å². The number of carbonyl (C=O) groups is 1. The van der Waals surface area contributed by atoms with Gasteiger partial charge in [-0.2, -0.15) is 0 Å². The first kappa shape index (κ1) is 16.0. The fourth-order valence-electron chi connectivity index (χ4n) is 2.49. The molecule has 4 heteroatoms. The lowest BCUT2D eigenvalue weighted by Crippen LogP contribution is -2.29. The Morgan fingerprint density at radius 3 is 2.23 bits per heavy atom. The van der Waals surface area contributed by atoms with Gasteiger partial charge in [-0.25, -0.2) is 4.39 Å². The second-order valence-electron chi connectivity index (χ2n) is 5.53. The molecular weight excluding hydrogens is 279 g/mol. The maximum Gasteiger partial charge on any atom is 0.239 e. The first-order chi connectivity index (χ1) is 10.5. The maximum atomic E-state index is 12.8. The third kappa shape index (κ3) is 4.32. The molecule has 0 heterocycles. The van der Waals surface area contributed by atoms with Crippen molar-refractivity contribution in [2.45, 2.75) is 27.3 Å². The van der Waals surface area contributed by atoms with Crippen molar-refractivity contribution in [2.75, 3.05) is 11.9 Å². The smallest absolute Gasteiger partial charge is 0.239 e. The van der Waals surface area contributed by atoms with Crippen LogP contribution in [-0.4, -0.2) is 12.5 Å². The first-order valence-electron chi connectivity index (χ1n) is 7.28. The minimum atomic E-state index is -0.276. The Balaban J connectivity index is 1.87. The topological polar surface area (TPSA) is 41.1 Å². The molecule has 0 unspecified atom stereocenters. The van der Waals surface area contributed by atoms with E-state index < -0.39 is 0 Å². The van der Waals surface area contributed by atoms with Crippen molar-refractivity contribution in [3.63, 3.8) is 0 Å². The fourth-order valence-corrected chi connectivity index (χ4v) is 2.49. The van der Waals surface area contributed by atoms with Gasteiger partial charge < -0.3 is 10.6 Å². The highest BCUT2D eigenvalue weighted by atomic mass is 19.1. The van der Waals surface area contributed by atoms with Gasteiger partial charge >= 0.3 is 0 Å². The Kier molecular flexibility index (Phi) is 5.15. The molecule has 2 aromatic carbocycles. The van der Waals surface area contributed by atoms with Gasteiger partial charge in [0, 0.05) is 12.2 Å². The predicted octanol–water partition coefficient (Wildman–Crippen LogP) is 3.48. The molecule has 0 aliphatic heterocycles. The zero-order chi connectivity index (χ0) is 16.1. The summed E-state index contributed by atoms with van der Waals surface area (Å²) in [6.45, 7) is 6.72. The number of aryl methyl sites for hydroxylation is 3. The van der Waals surface area contributed by atoms with Crippen molar-refractivity contribution in [2.24, 2.45) is 0 Å². The van der Waals surface area contributed by atoms with E-state index in [-0.39, 0.29) is 18.3 Å². The van der Waals surface area contributed by atoms with E-state index in [1.165, 1.54) is 17.7 Å². The number of hydrogen-bond acceptors (Lipinski definition) is 2.